The summed E-state index contributed by atoms with van der Waals surface area (Å²) in [6, 6.07) is 24.8. The molecule has 2 aliphatic rings. The molecule has 1 atom stereocenters. The predicted octanol–water partition coefficient (Wildman–Crippen LogP) is 5.72. The average Bonchev–Trinajstić information content (AvgIpc) is 2.67. The van der Waals surface area contributed by atoms with Gasteiger partial charge >= 0.3 is 0 Å². The van der Waals surface area contributed by atoms with E-state index in [2.05, 4.69) is 66.7 Å². The zero-order valence-electron chi connectivity index (χ0n) is 14.0. The van der Waals surface area contributed by atoms with Crippen LogP contribution in [0.2, 0.25) is 0 Å². The van der Waals surface area contributed by atoms with Crippen molar-refractivity contribution in [3.63, 3.8) is 0 Å². The summed E-state index contributed by atoms with van der Waals surface area (Å²) in [4.78, 5) is 0. The maximum atomic E-state index is 2.41. The van der Waals surface area contributed by atoms with E-state index in [-0.39, 0.29) is 0 Å². The second-order valence-electron chi connectivity index (χ2n) is 7.24. The molecule has 0 nitrogen and oxygen atoms in total. The molecule has 0 N–H and O–H groups in total. The first-order valence-corrected chi connectivity index (χ1v) is 9.17. The molecule has 0 aromatic heterocycles. The van der Waals surface area contributed by atoms with Crippen LogP contribution in [0.1, 0.15) is 40.2 Å². The van der Waals surface area contributed by atoms with Crippen LogP contribution < -0.4 is 0 Å². The number of aryl methyl sites for hydroxylation is 1. The highest BCUT2D eigenvalue weighted by Gasteiger charge is 2.25. The van der Waals surface area contributed by atoms with Crippen LogP contribution in [0, 0.1) is 0 Å². The maximum absolute atomic E-state index is 2.41. The topological polar surface area (TPSA) is 0 Å². The fraction of sp³-hybridized carbons (Fsp3) is 0.250. The molecular weight excluding hydrogens is 288 g/mol. The molecule has 0 radical (unpaired) electrons. The zero-order chi connectivity index (χ0) is 15.9. The summed E-state index contributed by atoms with van der Waals surface area (Å²) in [5, 5.41) is 0. The van der Waals surface area contributed by atoms with E-state index in [4.69, 9.17) is 0 Å². The van der Waals surface area contributed by atoms with Crippen LogP contribution in [0.4, 0.5) is 0 Å². The predicted molar refractivity (Wildman–Crippen MR) is 100 cm³/mol. The lowest BCUT2D eigenvalue weighted by Crippen LogP contribution is -2.17. The summed E-state index contributed by atoms with van der Waals surface area (Å²) in [6.07, 6.45) is 6.14. The third-order valence-electron chi connectivity index (χ3n) is 5.96. The van der Waals surface area contributed by atoms with E-state index in [0.717, 1.165) is 0 Å². The Kier molecular flexibility index (Phi) is 3.29. The van der Waals surface area contributed by atoms with Crippen LogP contribution in [0.25, 0.3) is 11.1 Å². The minimum absolute atomic E-state index is 0.688. The Hall–Kier alpha value is -2.34. The molecule has 0 spiro atoms. The van der Waals surface area contributed by atoms with E-state index in [1.54, 1.807) is 16.7 Å². The van der Waals surface area contributed by atoms with Crippen molar-refractivity contribution in [2.45, 2.75) is 38.0 Å². The van der Waals surface area contributed by atoms with Crippen molar-refractivity contribution in [2.24, 2.45) is 0 Å². The molecule has 0 heterocycles. The molecule has 0 aliphatic heterocycles. The molecule has 3 aromatic carbocycles. The minimum atomic E-state index is 0.688. The third kappa shape index (κ3) is 2.21. The van der Waals surface area contributed by atoms with Gasteiger partial charge in [-0.25, -0.2) is 0 Å². The van der Waals surface area contributed by atoms with Crippen LogP contribution in [0.3, 0.4) is 0 Å². The summed E-state index contributed by atoms with van der Waals surface area (Å²) in [6.45, 7) is 0. The first-order chi connectivity index (χ1) is 11.9. The molecule has 0 saturated heterocycles. The highest BCUT2D eigenvalue weighted by atomic mass is 14.3. The monoisotopic (exact) mass is 310 g/mol. The molecule has 0 saturated carbocycles. The Morgan fingerprint density at radius 2 is 1.42 bits per heavy atom. The quantitative estimate of drug-likeness (QED) is 0.539. The number of hydrogen-bond donors (Lipinski definition) is 0. The van der Waals surface area contributed by atoms with Gasteiger partial charge in [-0.3, -0.25) is 0 Å². The number of rotatable bonds is 1. The van der Waals surface area contributed by atoms with Crippen molar-refractivity contribution >= 4 is 0 Å². The lowest BCUT2D eigenvalue weighted by molar-refractivity contribution is 0.580. The van der Waals surface area contributed by atoms with E-state index in [1.165, 1.54) is 54.4 Å². The van der Waals surface area contributed by atoms with Crippen molar-refractivity contribution in [1.82, 2.24) is 0 Å². The van der Waals surface area contributed by atoms with Gasteiger partial charge in [0.05, 0.1) is 0 Å². The highest BCUT2D eigenvalue weighted by Crippen LogP contribution is 2.41. The van der Waals surface area contributed by atoms with Crippen molar-refractivity contribution in [2.75, 3.05) is 0 Å². The standard InChI is InChI=1S/C24H22/c1-2-6-17(7-3-1)19-11-13-22-20(16-19)12-15-23-21-9-5-4-8-18(21)10-14-24(22)23/h1-9,12,15,19H,10-11,13-14,16H2. The normalized spacial score (nSPS) is 18.4. The van der Waals surface area contributed by atoms with Crippen LogP contribution in [0.5, 0.6) is 0 Å². The van der Waals surface area contributed by atoms with Crippen molar-refractivity contribution < 1.29 is 0 Å². The lowest BCUT2D eigenvalue weighted by Gasteiger charge is -2.30. The minimum Gasteiger partial charge on any atom is -0.0622 e. The van der Waals surface area contributed by atoms with Crippen LogP contribution >= 0.6 is 0 Å². The Balaban J connectivity index is 1.55. The molecule has 24 heavy (non-hydrogen) atoms. The van der Waals surface area contributed by atoms with E-state index < -0.39 is 0 Å². The molecule has 0 fully saturated rings. The van der Waals surface area contributed by atoms with Gasteiger partial charge in [0, 0.05) is 0 Å². The zero-order valence-corrected chi connectivity index (χ0v) is 14.0. The Bertz CT molecular complexity index is 889. The SMILES string of the molecule is c1ccc(C2CCc3c(ccc4c3CCc3ccccc3-4)C2)cc1. The molecule has 2 aliphatic carbocycles. The molecule has 0 amide bonds. The summed E-state index contributed by atoms with van der Waals surface area (Å²) in [7, 11) is 0. The fourth-order valence-electron chi connectivity index (χ4n) is 4.74. The molecule has 0 bridgehead atoms. The maximum Gasteiger partial charge on any atom is -0.0118 e. The Morgan fingerprint density at radius 1 is 0.583 bits per heavy atom. The van der Waals surface area contributed by atoms with Crippen LogP contribution in [-0.4, -0.2) is 0 Å². The van der Waals surface area contributed by atoms with Crippen LogP contribution in [-0.2, 0) is 25.7 Å². The summed E-state index contributed by atoms with van der Waals surface area (Å²) in [5.41, 5.74) is 10.9. The molecule has 118 valence electrons. The van der Waals surface area contributed by atoms with Crippen molar-refractivity contribution in [3.8, 4) is 11.1 Å². The molecule has 0 heteroatoms. The van der Waals surface area contributed by atoms with E-state index >= 15 is 0 Å². The van der Waals surface area contributed by atoms with E-state index in [0.29, 0.717) is 5.92 Å². The number of benzene rings is 3. The first kappa shape index (κ1) is 14.0. The van der Waals surface area contributed by atoms with Crippen molar-refractivity contribution in [3.05, 3.63) is 94.5 Å². The smallest absolute Gasteiger partial charge is 0.0118 e. The van der Waals surface area contributed by atoms with E-state index in [9.17, 15) is 0 Å². The third-order valence-corrected chi connectivity index (χ3v) is 5.96. The van der Waals surface area contributed by atoms with Crippen molar-refractivity contribution in [1.29, 1.82) is 0 Å². The second kappa shape index (κ2) is 5.63. The van der Waals surface area contributed by atoms with Gasteiger partial charge in [-0.05, 0) is 77.0 Å². The van der Waals surface area contributed by atoms with Gasteiger partial charge in [-0.2, -0.15) is 0 Å². The highest BCUT2D eigenvalue weighted by molar-refractivity contribution is 5.75. The second-order valence-corrected chi connectivity index (χ2v) is 7.24. The Morgan fingerprint density at radius 3 is 2.33 bits per heavy atom. The van der Waals surface area contributed by atoms with Gasteiger partial charge < -0.3 is 0 Å². The number of fused-ring (bicyclic) bond motifs is 5. The molecule has 1 unspecified atom stereocenters. The van der Waals surface area contributed by atoms with Gasteiger partial charge in [-0.1, -0.05) is 66.7 Å². The fourth-order valence-corrected chi connectivity index (χ4v) is 4.74. The van der Waals surface area contributed by atoms with Gasteiger partial charge in [0.15, 0.2) is 0 Å². The van der Waals surface area contributed by atoms with Gasteiger partial charge in [0.1, 0.15) is 0 Å². The average molecular weight is 310 g/mol. The molecular formula is C24H22. The molecule has 5 rings (SSSR count). The number of hydrogen-bond acceptors (Lipinski definition) is 0. The Labute approximate surface area is 144 Å². The van der Waals surface area contributed by atoms with Gasteiger partial charge in [-0.15, -0.1) is 0 Å². The largest absolute Gasteiger partial charge is 0.0622 e. The van der Waals surface area contributed by atoms with Gasteiger partial charge in [0.2, 0.25) is 0 Å². The summed E-state index contributed by atoms with van der Waals surface area (Å²) in [5.74, 6) is 0.688. The van der Waals surface area contributed by atoms with E-state index in [1.807, 2.05) is 0 Å². The first-order valence-electron chi connectivity index (χ1n) is 9.17. The van der Waals surface area contributed by atoms with Gasteiger partial charge in [0.25, 0.3) is 0 Å². The van der Waals surface area contributed by atoms with Crippen LogP contribution in [0.15, 0.2) is 66.7 Å². The summed E-state index contributed by atoms with van der Waals surface area (Å²) < 4.78 is 0. The molecule has 3 aromatic rings. The summed E-state index contributed by atoms with van der Waals surface area (Å²) >= 11 is 0. The lowest BCUT2D eigenvalue weighted by atomic mass is 9.74.